The lowest BCUT2D eigenvalue weighted by Crippen LogP contribution is -2.21. The van der Waals surface area contributed by atoms with Gasteiger partial charge in [0.15, 0.2) is 6.29 Å². The van der Waals surface area contributed by atoms with E-state index >= 15 is 0 Å². The highest BCUT2D eigenvalue weighted by Crippen LogP contribution is 2.12. The summed E-state index contributed by atoms with van der Waals surface area (Å²) in [5.41, 5.74) is 0. The Bertz CT molecular complexity index is 83.3. The van der Waals surface area contributed by atoms with Crippen molar-refractivity contribution in [1.29, 1.82) is 0 Å². The molecule has 1 fully saturated rings. The Balaban J connectivity index is 2.28. The highest BCUT2D eigenvalue weighted by Gasteiger charge is 2.15. The molecule has 1 aliphatic heterocycles. The van der Waals surface area contributed by atoms with E-state index < -0.39 is 0 Å². The third-order valence-corrected chi connectivity index (χ3v) is 1.53. The summed E-state index contributed by atoms with van der Waals surface area (Å²) in [6, 6.07) is 0. The van der Waals surface area contributed by atoms with Crippen LogP contribution < -0.4 is 0 Å². The van der Waals surface area contributed by atoms with Crippen LogP contribution in [0.4, 0.5) is 0 Å². The smallest absolute Gasteiger partial charge is 0.159 e. The Labute approximate surface area is 62.5 Å². The second kappa shape index (κ2) is 3.94. The molecular weight excluding hydrogens is 128 g/mol. The van der Waals surface area contributed by atoms with Crippen LogP contribution in [-0.2, 0) is 9.47 Å². The molecule has 2 nitrogen and oxygen atoms in total. The summed E-state index contributed by atoms with van der Waals surface area (Å²) in [6.07, 6.45) is 3.14. The Kier molecular flexibility index (Phi) is 3.16. The second-order valence-corrected chi connectivity index (χ2v) is 2.89. The minimum Gasteiger partial charge on any atom is -0.352 e. The van der Waals surface area contributed by atoms with Gasteiger partial charge < -0.3 is 9.47 Å². The van der Waals surface area contributed by atoms with Crippen LogP contribution in [-0.4, -0.2) is 19.5 Å². The molecule has 0 aliphatic carbocycles. The molecule has 1 saturated heterocycles. The van der Waals surface area contributed by atoms with E-state index in [1.165, 1.54) is 0 Å². The normalized spacial score (nSPS) is 23.1. The zero-order chi connectivity index (χ0) is 7.40. The molecule has 0 aromatic rings. The molecule has 0 bridgehead atoms. The van der Waals surface area contributed by atoms with Gasteiger partial charge in [0.2, 0.25) is 0 Å². The van der Waals surface area contributed by atoms with Crippen molar-refractivity contribution in [2.45, 2.75) is 26.6 Å². The summed E-state index contributed by atoms with van der Waals surface area (Å²) < 4.78 is 10.8. The van der Waals surface area contributed by atoms with Gasteiger partial charge in [-0.15, -0.1) is 0 Å². The van der Waals surface area contributed by atoms with Gasteiger partial charge in [-0.25, -0.2) is 0 Å². The van der Waals surface area contributed by atoms with E-state index in [1.807, 2.05) is 0 Å². The first-order valence-electron chi connectivity index (χ1n) is 3.85. The summed E-state index contributed by atoms with van der Waals surface area (Å²) >= 11 is 0. The summed E-state index contributed by atoms with van der Waals surface area (Å²) in [5, 5.41) is 0. The van der Waals surface area contributed by atoms with Crippen molar-refractivity contribution in [1.82, 2.24) is 0 Å². The fraction of sp³-hybridized carbons (Fsp3) is 0.875. The Morgan fingerprint density at radius 3 is 2.90 bits per heavy atom. The molecule has 1 atom stereocenters. The van der Waals surface area contributed by atoms with Gasteiger partial charge in [-0.1, -0.05) is 13.8 Å². The summed E-state index contributed by atoms with van der Waals surface area (Å²) in [5.74, 6) is 0.464. The van der Waals surface area contributed by atoms with Crippen molar-refractivity contribution in [3.05, 3.63) is 6.42 Å². The molecule has 10 heavy (non-hydrogen) atoms. The van der Waals surface area contributed by atoms with E-state index in [1.54, 1.807) is 0 Å². The molecule has 2 heteroatoms. The molecule has 1 rings (SSSR count). The number of hydrogen-bond acceptors (Lipinski definition) is 2. The fourth-order valence-corrected chi connectivity index (χ4v) is 0.947. The van der Waals surface area contributed by atoms with Crippen molar-refractivity contribution < 1.29 is 9.47 Å². The van der Waals surface area contributed by atoms with Crippen molar-refractivity contribution in [2.24, 2.45) is 5.92 Å². The summed E-state index contributed by atoms with van der Waals surface area (Å²) in [4.78, 5) is 0. The van der Waals surface area contributed by atoms with Gasteiger partial charge in [-0.3, -0.25) is 0 Å². The molecule has 0 N–H and O–H groups in total. The first-order valence-corrected chi connectivity index (χ1v) is 3.85. The molecule has 0 saturated carbocycles. The first kappa shape index (κ1) is 8.02. The minimum absolute atomic E-state index is 0.0127. The molecule has 1 aliphatic rings. The standard InChI is InChI=1S/C8H15O2/c1-7(2)8-9-5-3-4-6-10-8/h3,7-8H,4-6H2,1-2H3. The van der Waals surface area contributed by atoms with E-state index in [9.17, 15) is 0 Å². The number of hydrogen-bond donors (Lipinski definition) is 0. The average molecular weight is 143 g/mol. The molecule has 1 unspecified atom stereocenters. The van der Waals surface area contributed by atoms with Crippen LogP contribution in [0, 0.1) is 12.3 Å². The van der Waals surface area contributed by atoms with E-state index in [2.05, 4.69) is 20.3 Å². The molecule has 59 valence electrons. The van der Waals surface area contributed by atoms with Gasteiger partial charge in [-0.05, 0) is 12.8 Å². The molecule has 0 amide bonds. The third-order valence-electron chi connectivity index (χ3n) is 1.53. The third kappa shape index (κ3) is 2.27. The first-order chi connectivity index (χ1) is 4.80. The average Bonchev–Trinajstić information content (AvgIpc) is 2.12. The van der Waals surface area contributed by atoms with Crippen molar-refractivity contribution >= 4 is 0 Å². The monoisotopic (exact) mass is 143 g/mol. The maximum atomic E-state index is 5.41. The quantitative estimate of drug-likeness (QED) is 0.555. The highest BCUT2D eigenvalue weighted by molar-refractivity contribution is 4.67. The van der Waals surface area contributed by atoms with Crippen LogP contribution in [0.5, 0.6) is 0 Å². The minimum atomic E-state index is 0.0127. The van der Waals surface area contributed by atoms with Crippen LogP contribution >= 0.6 is 0 Å². The molecular formula is C8H15O2. The van der Waals surface area contributed by atoms with Gasteiger partial charge in [0.25, 0.3) is 0 Å². The van der Waals surface area contributed by atoms with Gasteiger partial charge in [0, 0.05) is 5.92 Å². The van der Waals surface area contributed by atoms with Crippen molar-refractivity contribution in [3.8, 4) is 0 Å². The molecule has 0 aromatic carbocycles. The largest absolute Gasteiger partial charge is 0.352 e. The van der Waals surface area contributed by atoms with Gasteiger partial charge in [-0.2, -0.15) is 0 Å². The van der Waals surface area contributed by atoms with Crippen LogP contribution in [0.1, 0.15) is 20.3 Å². The topological polar surface area (TPSA) is 18.5 Å². The number of ether oxygens (including phenoxy) is 2. The van der Waals surface area contributed by atoms with Crippen molar-refractivity contribution in [2.75, 3.05) is 13.2 Å². The van der Waals surface area contributed by atoms with E-state index in [0.29, 0.717) is 5.92 Å². The maximum Gasteiger partial charge on any atom is 0.159 e. The van der Waals surface area contributed by atoms with Gasteiger partial charge in [0.1, 0.15) is 0 Å². The number of rotatable bonds is 1. The van der Waals surface area contributed by atoms with E-state index in [-0.39, 0.29) is 6.29 Å². The lowest BCUT2D eigenvalue weighted by molar-refractivity contribution is -0.149. The predicted molar refractivity (Wildman–Crippen MR) is 39.4 cm³/mol. The SMILES string of the molecule is CC(C)C1OC[CH]CCO1. The summed E-state index contributed by atoms with van der Waals surface area (Å²) in [7, 11) is 0. The van der Waals surface area contributed by atoms with E-state index in [4.69, 9.17) is 9.47 Å². The van der Waals surface area contributed by atoms with Crippen LogP contribution in [0.2, 0.25) is 0 Å². The Hall–Kier alpha value is -0.0800. The van der Waals surface area contributed by atoms with Crippen LogP contribution in [0.15, 0.2) is 0 Å². The zero-order valence-corrected chi connectivity index (χ0v) is 6.67. The Morgan fingerprint density at radius 2 is 2.20 bits per heavy atom. The molecule has 0 aromatic heterocycles. The summed E-state index contributed by atoms with van der Waals surface area (Å²) in [6.45, 7) is 5.76. The van der Waals surface area contributed by atoms with Crippen LogP contribution in [0.3, 0.4) is 0 Å². The lowest BCUT2D eigenvalue weighted by atomic mass is 10.2. The second-order valence-electron chi connectivity index (χ2n) is 2.89. The van der Waals surface area contributed by atoms with E-state index in [0.717, 1.165) is 19.6 Å². The highest BCUT2D eigenvalue weighted by atomic mass is 16.7. The predicted octanol–water partition coefficient (Wildman–Crippen LogP) is 1.61. The molecule has 1 radical (unpaired) electrons. The lowest BCUT2D eigenvalue weighted by Gasteiger charge is -2.18. The fourth-order valence-electron chi connectivity index (χ4n) is 0.947. The molecule has 0 spiro atoms. The van der Waals surface area contributed by atoms with Crippen LogP contribution in [0.25, 0.3) is 0 Å². The maximum absolute atomic E-state index is 5.41. The van der Waals surface area contributed by atoms with Gasteiger partial charge >= 0.3 is 0 Å². The van der Waals surface area contributed by atoms with Crippen molar-refractivity contribution in [3.63, 3.8) is 0 Å². The van der Waals surface area contributed by atoms with Gasteiger partial charge in [0.05, 0.1) is 13.2 Å². The molecule has 1 heterocycles. The Morgan fingerprint density at radius 1 is 1.40 bits per heavy atom. The zero-order valence-electron chi connectivity index (χ0n) is 6.67.